The Hall–Kier alpha value is -3.02. The molecule has 130 valence electrons. The number of carbonyl (C=O) groups excluding carboxylic acids is 1. The molecule has 0 saturated heterocycles. The molecule has 6 heteroatoms. The quantitative estimate of drug-likeness (QED) is 0.840. The molecule has 1 aliphatic rings. The molecule has 25 heavy (non-hydrogen) atoms. The summed E-state index contributed by atoms with van der Waals surface area (Å²) in [6.45, 7) is 0.320. The van der Waals surface area contributed by atoms with E-state index in [4.69, 9.17) is 14.6 Å². The summed E-state index contributed by atoms with van der Waals surface area (Å²) in [4.78, 5) is 22.9. The number of rotatable bonds is 6. The fourth-order valence-corrected chi connectivity index (χ4v) is 2.72. The molecule has 0 radical (unpaired) electrons. The highest BCUT2D eigenvalue weighted by Gasteiger charge is 2.25. The Morgan fingerprint density at radius 1 is 1.20 bits per heavy atom. The van der Waals surface area contributed by atoms with Gasteiger partial charge in [0, 0.05) is 6.54 Å². The molecule has 1 heterocycles. The van der Waals surface area contributed by atoms with Crippen molar-refractivity contribution in [3.63, 3.8) is 0 Å². The Labute approximate surface area is 145 Å². The van der Waals surface area contributed by atoms with Crippen molar-refractivity contribution >= 4 is 11.9 Å². The van der Waals surface area contributed by atoms with Crippen LogP contribution in [0.15, 0.2) is 48.5 Å². The fraction of sp³-hybridized carbons (Fsp3) is 0.263. The van der Waals surface area contributed by atoms with Crippen LogP contribution in [0.2, 0.25) is 0 Å². The third-order valence-corrected chi connectivity index (χ3v) is 3.98. The summed E-state index contributed by atoms with van der Waals surface area (Å²) in [6, 6.07) is 14.7. The summed E-state index contributed by atoms with van der Waals surface area (Å²) < 4.78 is 10.8. The predicted molar refractivity (Wildman–Crippen MR) is 90.6 cm³/mol. The van der Waals surface area contributed by atoms with E-state index < -0.39 is 12.6 Å². The number of nitrogens with one attached hydrogen (secondary N) is 1. The van der Waals surface area contributed by atoms with Crippen LogP contribution in [0.4, 0.5) is 0 Å². The maximum absolute atomic E-state index is 12.4. The maximum atomic E-state index is 12.4. The smallest absolute Gasteiger partial charge is 0.341 e. The molecule has 0 aromatic heterocycles. The number of carboxylic acids is 1. The number of amides is 1. The van der Waals surface area contributed by atoms with E-state index in [1.54, 1.807) is 18.2 Å². The van der Waals surface area contributed by atoms with Crippen LogP contribution in [-0.4, -0.2) is 30.2 Å². The Morgan fingerprint density at radius 3 is 2.88 bits per heavy atom. The highest BCUT2D eigenvalue weighted by atomic mass is 16.5. The lowest BCUT2D eigenvalue weighted by atomic mass is 9.96. The summed E-state index contributed by atoms with van der Waals surface area (Å²) >= 11 is 0. The van der Waals surface area contributed by atoms with Gasteiger partial charge in [0.05, 0.1) is 5.92 Å². The van der Waals surface area contributed by atoms with Crippen LogP contribution >= 0.6 is 0 Å². The molecule has 0 fully saturated rings. The van der Waals surface area contributed by atoms with Gasteiger partial charge in [0.1, 0.15) is 18.1 Å². The Balaban J connectivity index is 1.54. The van der Waals surface area contributed by atoms with Gasteiger partial charge in [0.2, 0.25) is 5.91 Å². The molecule has 1 aliphatic heterocycles. The van der Waals surface area contributed by atoms with Gasteiger partial charge in [-0.05, 0) is 35.7 Å². The summed E-state index contributed by atoms with van der Waals surface area (Å²) in [7, 11) is 0. The van der Waals surface area contributed by atoms with Crippen molar-refractivity contribution in [3.8, 4) is 11.5 Å². The van der Waals surface area contributed by atoms with Gasteiger partial charge in [0.15, 0.2) is 6.61 Å². The van der Waals surface area contributed by atoms with Crippen molar-refractivity contribution in [1.29, 1.82) is 0 Å². The van der Waals surface area contributed by atoms with Crippen LogP contribution < -0.4 is 14.8 Å². The molecule has 2 aromatic rings. The molecule has 2 N–H and O–H groups in total. The molecule has 0 bridgehead atoms. The third kappa shape index (κ3) is 4.50. The standard InChI is InChI=1S/C19H19NO5/c21-18(22)12-24-16-6-3-4-13(8-16)10-20-19(23)15-9-14-5-1-2-7-17(14)25-11-15/h1-8,15H,9-12H2,(H,20,23)(H,21,22)/t15-/m0/s1. The van der Waals surface area contributed by atoms with Gasteiger partial charge in [-0.2, -0.15) is 0 Å². The van der Waals surface area contributed by atoms with Gasteiger partial charge < -0.3 is 19.9 Å². The number of benzene rings is 2. The minimum Gasteiger partial charge on any atom is -0.492 e. The van der Waals surface area contributed by atoms with E-state index in [2.05, 4.69) is 5.32 Å². The Kier molecular flexibility index (Phi) is 5.18. The molecular weight excluding hydrogens is 322 g/mol. The van der Waals surface area contributed by atoms with Crippen LogP contribution in [0, 0.1) is 5.92 Å². The van der Waals surface area contributed by atoms with Crippen molar-refractivity contribution in [2.45, 2.75) is 13.0 Å². The van der Waals surface area contributed by atoms with Crippen molar-refractivity contribution in [2.75, 3.05) is 13.2 Å². The highest BCUT2D eigenvalue weighted by Crippen LogP contribution is 2.26. The van der Waals surface area contributed by atoms with Crippen LogP contribution in [0.25, 0.3) is 0 Å². The monoisotopic (exact) mass is 341 g/mol. The molecule has 0 aliphatic carbocycles. The van der Waals surface area contributed by atoms with Crippen molar-refractivity contribution in [3.05, 3.63) is 59.7 Å². The first-order valence-corrected chi connectivity index (χ1v) is 8.04. The minimum atomic E-state index is -1.03. The highest BCUT2D eigenvalue weighted by molar-refractivity contribution is 5.79. The van der Waals surface area contributed by atoms with E-state index in [1.807, 2.05) is 30.3 Å². The van der Waals surface area contributed by atoms with Crippen LogP contribution in [0.3, 0.4) is 0 Å². The molecule has 3 rings (SSSR count). The van der Waals surface area contributed by atoms with E-state index in [9.17, 15) is 9.59 Å². The lowest BCUT2D eigenvalue weighted by molar-refractivity contribution is -0.139. The summed E-state index contributed by atoms with van der Waals surface area (Å²) in [5.74, 6) is -0.0112. The fourth-order valence-electron chi connectivity index (χ4n) is 2.72. The van der Waals surface area contributed by atoms with Crippen molar-refractivity contribution < 1.29 is 24.2 Å². The zero-order valence-corrected chi connectivity index (χ0v) is 13.6. The number of carboxylic acid groups (broad SMARTS) is 1. The van der Waals surface area contributed by atoms with Crippen LogP contribution in [-0.2, 0) is 22.6 Å². The third-order valence-electron chi connectivity index (χ3n) is 3.98. The molecule has 0 unspecified atom stereocenters. The van der Waals surface area contributed by atoms with Gasteiger partial charge >= 0.3 is 5.97 Å². The number of hydrogen-bond acceptors (Lipinski definition) is 4. The predicted octanol–water partition coefficient (Wildman–Crippen LogP) is 2.02. The zero-order valence-electron chi connectivity index (χ0n) is 13.6. The normalized spacial score (nSPS) is 15.6. The summed E-state index contributed by atoms with van der Waals surface area (Å²) in [6.07, 6.45) is 0.657. The van der Waals surface area contributed by atoms with Gasteiger partial charge in [0.25, 0.3) is 0 Å². The number of ether oxygens (including phenoxy) is 2. The largest absolute Gasteiger partial charge is 0.492 e. The van der Waals surface area contributed by atoms with E-state index in [1.165, 1.54) is 0 Å². The molecule has 2 aromatic carbocycles. The lowest BCUT2D eigenvalue weighted by Gasteiger charge is -2.24. The van der Waals surface area contributed by atoms with E-state index in [0.29, 0.717) is 25.3 Å². The Bertz CT molecular complexity index is 774. The van der Waals surface area contributed by atoms with Gasteiger partial charge in [-0.1, -0.05) is 30.3 Å². The Morgan fingerprint density at radius 2 is 2.04 bits per heavy atom. The molecule has 0 saturated carbocycles. The lowest BCUT2D eigenvalue weighted by Crippen LogP contribution is -2.37. The van der Waals surface area contributed by atoms with Gasteiger partial charge in [-0.15, -0.1) is 0 Å². The van der Waals surface area contributed by atoms with E-state index >= 15 is 0 Å². The summed E-state index contributed by atoms with van der Waals surface area (Å²) in [5.41, 5.74) is 1.88. The number of carbonyl (C=O) groups is 2. The van der Waals surface area contributed by atoms with Crippen molar-refractivity contribution in [2.24, 2.45) is 5.92 Å². The number of hydrogen-bond donors (Lipinski definition) is 2. The maximum Gasteiger partial charge on any atom is 0.341 e. The van der Waals surface area contributed by atoms with Gasteiger partial charge in [-0.3, -0.25) is 4.79 Å². The second-order valence-electron chi connectivity index (χ2n) is 5.87. The second-order valence-corrected chi connectivity index (χ2v) is 5.87. The molecular formula is C19H19NO5. The summed E-state index contributed by atoms with van der Waals surface area (Å²) in [5, 5.41) is 11.5. The van der Waals surface area contributed by atoms with Crippen molar-refractivity contribution in [1.82, 2.24) is 5.32 Å². The molecule has 6 nitrogen and oxygen atoms in total. The number of aliphatic carboxylic acids is 1. The minimum absolute atomic E-state index is 0.0636. The topological polar surface area (TPSA) is 84.9 Å². The number of para-hydroxylation sites is 1. The first kappa shape index (κ1) is 16.8. The van der Waals surface area contributed by atoms with E-state index in [0.717, 1.165) is 16.9 Å². The number of fused-ring (bicyclic) bond motifs is 1. The average Bonchev–Trinajstić information content (AvgIpc) is 2.64. The molecule has 1 amide bonds. The SMILES string of the molecule is O=C(O)COc1cccc(CNC(=O)[C@@H]2COc3ccccc3C2)c1. The zero-order chi connectivity index (χ0) is 17.6. The van der Waals surface area contributed by atoms with E-state index in [-0.39, 0.29) is 11.8 Å². The average molecular weight is 341 g/mol. The molecule has 1 atom stereocenters. The first-order chi connectivity index (χ1) is 12.1. The van der Waals surface area contributed by atoms with Crippen LogP contribution in [0.1, 0.15) is 11.1 Å². The second kappa shape index (κ2) is 7.70. The molecule has 0 spiro atoms. The van der Waals surface area contributed by atoms with Gasteiger partial charge in [-0.25, -0.2) is 4.79 Å². The van der Waals surface area contributed by atoms with Crippen LogP contribution in [0.5, 0.6) is 11.5 Å². The first-order valence-electron chi connectivity index (χ1n) is 8.04.